The van der Waals surface area contributed by atoms with Crippen molar-refractivity contribution in [2.24, 2.45) is 0 Å². The van der Waals surface area contributed by atoms with Gasteiger partial charge in [0.05, 0.1) is 24.5 Å². The summed E-state index contributed by atoms with van der Waals surface area (Å²) in [6.07, 6.45) is 0.00302. The van der Waals surface area contributed by atoms with Crippen molar-refractivity contribution >= 4 is 23.4 Å². The molecule has 2 atom stereocenters. The Kier molecular flexibility index (Phi) is 5.08. The summed E-state index contributed by atoms with van der Waals surface area (Å²) in [5.74, 6) is -0.556. The van der Waals surface area contributed by atoms with E-state index in [9.17, 15) is 14.0 Å². The second-order valence-corrected chi connectivity index (χ2v) is 6.45. The van der Waals surface area contributed by atoms with Gasteiger partial charge in [0.25, 0.3) is 0 Å². The van der Waals surface area contributed by atoms with Crippen LogP contribution in [0.15, 0.2) is 18.2 Å². The van der Waals surface area contributed by atoms with E-state index in [1.807, 2.05) is 11.9 Å². The van der Waals surface area contributed by atoms with Crippen molar-refractivity contribution in [2.45, 2.75) is 25.5 Å². The molecular weight excluding hydrogens is 327 g/mol. The third-order valence-corrected chi connectivity index (χ3v) is 4.66. The number of cyclic esters (lactones) is 1. The van der Waals surface area contributed by atoms with Gasteiger partial charge in [-0.1, -0.05) is 0 Å². The van der Waals surface area contributed by atoms with Crippen LogP contribution in [0.1, 0.15) is 13.3 Å². The number of anilines is 2. The summed E-state index contributed by atoms with van der Waals surface area (Å²) in [6, 6.07) is 5.03. The van der Waals surface area contributed by atoms with Crippen LogP contribution >= 0.6 is 0 Å². The monoisotopic (exact) mass is 350 g/mol. The SMILES string of the molecule is CC(=O)NC[C@H]1CN(c2ccc(N(C)[C@@H]3CCNC3)c(F)c2)C(=O)O1. The van der Waals surface area contributed by atoms with Crippen LogP contribution in [0.2, 0.25) is 0 Å². The molecule has 2 amide bonds. The maximum atomic E-state index is 14.6. The summed E-state index contributed by atoms with van der Waals surface area (Å²) in [7, 11) is 1.88. The first-order chi connectivity index (χ1) is 12.0. The Bertz CT molecular complexity index is 663. The fraction of sp³-hybridized carbons (Fsp3) is 0.529. The average molecular weight is 350 g/mol. The topological polar surface area (TPSA) is 73.9 Å². The van der Waals surface area contributed by atoms with Crippen LogP contribution in [0.25, 0.3) is 0 Å². The molecule has 0 aliphatic carbocycles. The summed E-state index contributed by atoms with van der Waals surface area (Å²) < 4.78 is 19.8. The predicted octanol–water partition coefficient (Wildman–Crippen LogP) is 1.09. The van der Waals surface area contributed by atoms with E-state index in [1.165, 1.54) is 17.9 Å². The number of benzene rings is 1. The number of halogens is 1. The van der Waals surface area contributed by atoms with Gasteiger partial charge < -0.3 is 20.3 Å². The zero-order chi connectivity index (χ0) is 18.0. The third kappa shape index (κ3) is 3.84. The highest BCUT2D eigenvalue weighted by Gasteiger charge is 2.33. The average Bonchev–Trinajstić information content (AvgIpc) is 3.22. The molecule has 25 heavy (non-hydrogen) atoms. The van der Waals surface area contributed by atoms with E-state index in [4.69, 9.17) is 4.74 Å². The number of amides is 2. The zero-order valence-electron chi connectivity index (χ0n) is 14.4. The van der Waals surface area contributed by atoms with Crippen molar-refractivity contribution in [3.8, 4) is 0 Å². The molecule has 2 aliphatic heterocycles. The number of rotatable bonds is 5. The molecule has 8 heteroatoms. The summed E-state index contributed by atoms with van der Waals surface area (Å²) in [5.41, 5.74) is 0.967. The van der Waals surface area contributed by atoms with Gasteiger partial charge in [-0.25, -0.2) is 9.18 Å². The molecule has 0 aromatic heterocycles. The lowest BCUT2D eigenvalue weighted by Gasteiger charge is -2.27. The first-order valence-electron chi connectivity index (χ1n) is 8.41. The molecule has 2 aliphatic rings. The van der Waals surface area contributed by atoms with Crippen LogP contribution in [0.4, 0.5) is 20.6 Å². The number of carbonyl (C=O) groups is 2. The van der Waals surface area contributed by atoms with Crippen molar-refractivity contribution in [3.63, 3.8) is 0 Å². The third-order valence-electron chi connectivity index (χ3n) is 4.66. The predicted molar refractivity (Wildman–Crippen MR) is 92.4 cm³/mol. The van der Waals surface area contributed by atoms with Gasteiger partial charge in [0.15, 0.2) is 0 Å². The molecule has 0 unspecified atom stereocenters. The number of nitrogens with one attached hydrogen (secondary N) is 2. The normalized spacial score (nSPS) is 22.8. The minimum atomic E-state index is -0.532. The molecule has 1 aromatic carbocycles. The Morgan fingerprint density at radius 2 is 2.32 bits per heavy atom. The van der Waals surface area contributed by atoms with Gasteiger partial charge in [-0.2, -0.15) is 0 Å². The van der Waals surface area contributed by atoms with Crippen molar-refractivity contribution in [1.29, 1.82) is 0 Å². The standard InChI is InChI=1S/C17H23FN4O3/c1-11(23)20-9-14-10-22(17(24)25-14)12-3-4-16(15(18)7-12)21(2)13-5-6-19-8-13/h3-4,7,13-14,19H,5-6,8-10H2,1-2H3,(H,20,23)/t13-,14+/m1/s1. The number of hydrogen-bond donors (Lipinski definition) is 2. The van der Waals surface area contributed by atoms with Crippen molar-refractivity contribution in [2.75, 3.05) is 43.0 Å². The maximum Gasteiger partial charge on any atom is 0.414 e. The molecule has 0 saturated carbocycles. The van der Waals surface area contributed by atoms with E-state index in [-0.39, 0.29) is 30.9 Å². The second-order valence-electron chi connectivity index (χ2n) is 6.45. The van der Waals surface area contributed by atoms with E-state index in [0.29, 0.717) is 11.4 Å². The van der Waals surface area contributed by atoms with Gasteiger partial charge in [-0.05, 0) is 31.2 Å². The molecular formula is C17H23FN4O3. The van der Waals surface area contributed by atoms with Gasteiger partial charge in [0.2, 0.25) is 5.91 Å². The van der Waals surface area contributed by atoms with Gasteiger partial charge in [0.1, 0.15) is 11.9 Å². The molecule has 3 rings (SSSR count). The minimum Gasteiger partial charge on any atom is -0.442 e. The summed E-state index contributed by atoms with van der Waals surface area (Å²) in [6.45, 7) is 3.69. The van der Waals surface area contributed by atoms with E-state index < -0.39 is 12.2 Å². The number of carbonyl (C=O) groups excluding carboxylic acids is 2. The lowest BCUT2D eigenvalue weighted by Crippen LogP contribution is -2.34. The van der Waals surface area contributed by atoms with Crippen molar-refractivity contribution in [1.82, 2.24) is 10.6 Å². The summed E-state index contributed by atoms with van der Waals surface area (Å²) in [4.78, 5) is 26.3. The van der Waals surface area contributed by atoms with Crippen LogP contribution in [0.3, 0.4) is 0 Å². The number of likely N-dealkylation sites (N-methyl/N-ethyl adjacent to an activating group) is 1. The molecule has 2 heterocycles. The molecule has 136 valence electrons. The Balaban J connectivity index is 1.70. The summed E-state index contributed by atoms with van der Waals surface area (Å²) >= 11 is 0. The highest BCUT2D eigenvalue weighted by Crippen LogP contribution is 2.29. The van der Waals surface area contributed by atoms with Crippen molar-refractivity contribution in [3.05, 3.63) is 24.0 Å². The number of ether oxygens (including phenoxy) is 1. The Morgan fingerprint density at radius 1 is 1.52 bits per heavy atom. The maximum absolute atomic E-state index is 14.6. The molecule has 2 fully saturated rings. The van der Waals surface area contributed by atoms with Crippen LogP contribution in [-0.2, 0) is 9.53 Å². The smallest absolute Gasteiger partial charge is 0.414 e. The highest BCUT2D eigenvalue weighted by atomic mass is 19.1. The van der Waals surface area contributed by atoms with Crippen LogP contribution in [-0.4, -0.2) is 57.4 Å². The van der Waals surface area contributed by atoms with Gasteiger partial charge >= 0.3 is 6.09 Å². The van der Waals surface area contributed by atoms with Gasteiger partial charge in [-0.15, -0.1) is 0 Å². The van der Waals surface area contributed by atoms with E-state index in [2.05, 4.69) is 10.6 Å². The second kappa shape index (κ2) is 7.26. The van der Waals surface area contributed by atoms with E-state index in [1.54, 1.807) is 12.1 Å². The molecule has 0 spiro atoms. The molecule has 0 radical (unpaired) electrons. The molecule has 7 nitrogen and oxygen atoms in total. The zero-order valence-corrected chi connectivity index (χ0v) is 14.4. The molecule has 0 bridgehead atoms. The first kappa shape index (κ1) is 17.5. The van der Waals surface area contributed by atoms with E-state index >= 15 is 0 Å². The van der Waals surface area contributed by atoms with Gasteiger partial charge in [-0.3, -0.25) is 9.69 Å². The Labute approximate surface area is 146 Å². The minimum absolute atomic E-state index is 0.186. The van der Waals surface area contributed by atoms with E-state index in [0.717, 1.165) is 19.5 Å². The van der Waals surface area contributed by atoms with Gasteiger partial charge in [0, 0.05) is 26.6 Å². The van der Waals surface area contributed by atoms with Crippen LogP contribution in [0.5, 0.6) is 0 Å². The summed E-state index contributed by atoms with van der Waals surface area (Å²) in [5, 5.41) is 5.88. The Hall–Kier alpha value is -2.35. The fourth-order valence-corrected chi connectivity index (χ4v) is 3.21. The lowest BCUT2D eigenvalue weighted by atomic mass is 10.1. The number of hydrogen-bond acceptors (Lipinski definition) is 5. The highest BCUT2D eigenvalue weighted by molar-refractivity contribution is 5.90. The number of nitrogens with zero attached hydrogens (tertiary/aromatic N) is 2. The molecule has 1 aromatic rings. The van der Waals surface area contributed by atoms with Crippen molar-refractivity contribution < 1.29 is 18.7 Å². The molecule has 2 N–H and O–H groups in total. The largest absolute Gasteiger partial charge is 0.442 e. The van der Waals surface area contributed by atoms with Crippen LogP contribution in [0, 0.1) is 5.82 Å². The van der Waals surface area contributed by atoms with Crippen LogP contribution < -0.4 is 20.4 Å². The first-order valence-corrected chi connectivity index (χ1v) is 8.41. The Morgan fingerprint density at radius 3 is 2.96 bits per heavy atom. The quantitative estimate of drug-likeness (QED) is 0.831. The molecule has 2 saturated heterocycles. The lowest BCUT2D eigenvalue weighted by molar-refractivity contribution is -0.119. The fourth-order valence-electron chi connectivity index (χ4n) is 3.21.